The number of aliphatic hydroxyl groups excluding tert-OH is 2. The van der Waals surface area contributed by atoms with Crippen molar-refractivity contribution < 1.29 is 18.6 Å². The number of sulfone groups is 1. The van der Waals surface area contributed by atoms with Gasteiger partial charge in [0.15, 0.2) is 9.84 Å². The van der Waals surface area contributed by atoms with Crippen LogP contribution in [0.2, 0.25) is 0 Å². The Hall–Kier alpha value is -0.130. The smallest absolute Gasteiger partial charge is 0.153 e. The molecular weight excluding hydrogens is 216 g/mol. The summed E-state index contributed by atoms with van der Waals surface area (Å²) in [6, 6.07) is 0. The molecule has 1 heterocycles. The Labute approximate surface area is 91.2 Å². The molecular formula is C10H20O4S. The van der Waals surface area contributed by atoms with E-state index in [0.29, 0.717) is 6.42 Å². The van der Waals surface area contributed by atoms with Crippen molar-refractivity contribution in [3.63, 3.8) is 0 Å². The summed E-state index contributed by atoms with van der Waals surface area (Å²) in [6.07, 6.45) is -1.04. The van der Waals surface area contributed by atoms with E-state index in [1.54, 1.807) is 0 Å². The van der Waals surface area contributed by atoms with Crippen molar-refractivity contribution in [2.75, 3.05) is 11.5 Å². The van der Waals surface area contributed by atoms with Crippen molar-refractivity contribution >= 4 is 9.84 Å². The fourth-order valence-corrected chi connectivity index (χ4v) is 3.71. The fourth-order valence-electron chi connectivity index (χ4n) is 1.77. The molecule has 90 valence electrons. The van der Waals surface area contributed by atoms with Crippen LogP contribution in [0.15, 0.2) is 0 Å². The Morgan fingerprint density at radius 2 is 1.87 bits per heavy atom. The van der Waals surface area contributed by atoms with Crippen LogP contribution in [-0.4, -0.2) is 42.3 Å². The molecule has 0 aromatic carbocycles. The first-order chi connectivity index (χ1) is 6.62. The zero-order valence-corrected chi connectivity index (χ0v) is 10.3. The molecule has 3 atom stereocenters. The van der Waals surface area contributed by atoms with E-state index in [1.165, 1.54) is 0 Å². The molecule has 15 heavy (non-hydrogen) atoms. The summed E-state index contributed by atoms with van der Waals surface area (Å²) in [5, 5.41) is 19.4. The third kappa shape index (κ3) is 3.43. The Kier molecular flexibility index (Phi) is 3.48. The first-order valence-electron chi connectivity index (χ1n) is 5.18. The average Bonchev–Trinajstić information content (AvgIpc) is 2.22. The molecule has 1 aliphatic rings. The molecule has 1 rings (SSSR count). The van der Waals surface area contributed by atoms with Gasteiger partial charge >= 0.3 is 0 Å². The molecule has 0 saturated carbocycles. The summed E-state index contributed by atoms with van der Waals surface area (Å²) in [5.41, 5.74) is -0.272. The molecule has 4 nitrogen and oxygen atoms in total. The van der Waals surface area contributed by atoms with Crippen molar-refractivity contribution in [3.8, 4) is 0 Å². The van der Waals surface area contributed by atoms with Crippen LogP contribution < -0.4 is 0 Å². The SMILES string of the molecule is CC(C)(C)C(O)CC1CS(=O)(=O)CC1O. The maximum Gasteiger partial charge on any atom is 0.153 e. The Balaban J connectivity index is 2.61. The zero-order valence-electron chi connectivity index (χ0n) is 9.47. The van der Waals surface area contributed by atoms with E-state index in [9.17, 15) is 18.6 Å². The molecule has 1 aliphatic heterocycles. The van der Waals surface area contributed by atoms with Crippen LogP contribution in [0.5, 0.6) is 0 Å². The molecule has 1 fully saturated rings. The van der Waals surface area contributed by atoms with Gasteiger partial charge in [-0.25, -0.2) is 8.42 Å². The number of hydrogen-bond acceptors (Lipinski definition) is 4. The number of rotatable bonds is 2. The van der Waals surface area contributed by atoms with Crippen LogP contribution in [0.25, 0.3) is 0 Å². The fraction of sp³-hybridized carbons (Fsp3) is 1.00. The Morgan fingerprint density at radius 3 is 2.20 bits per heavy atom. The van der Waals surface area contributed by atoms with Gasteiger partial charge in [0, 0.05) is 5.92 Å². The predicted molar refractivity (Wildman–Crippen MR) is 58.2 cm³/mol. The van der Waals surface area contributed by atoms with Crippen molar-refractivity contribution in [1.29, 1.82) is 0 Å². The molecule has 0 radical (unpaired) electrons. The van der Waals surface area contributed by atoms with Crippen LogP contribution >= 0.6 is 0 Å². The van der Waals surface area contributed by atoms with Gasteiger partial charge in [0.2, 0.25) is 0 Å². The van der Waals surface area contributed by atoms with Gasteiger partial charge < -0.3 is 10.2 Å². The van der Waals surface area contributed by atoms with Crippen LogP contribution in [0.3, 0.4) is 0 Å². The van der Waals surface area contributed by atoms with Gasteiger partial charge in [0.25, 0.3) is 0 Å². The second-order valence-corrected chi connectivity index (χ2v) is 7.68. The summed E-state index contributed by atoms with van der Waals surface area (Å²) in [4.78, 5) is 0. The summed E-state index contributed by atoms with van der Waals surface area (Å²) < 4.78 is 22.5. The van der Waals surface area contributed by atoms with E-state index >= 15 is 0 Å². The normalized spacial score (nSPS) is 32.9. The van der Waals surface area contributed by atoms with Crippen LogP contribution in [0.1, 0.15) is 27.2 Å². The Morgan fingerprint density at radius 1 is 1.33 bits per heavy atom. The summed E-state index contributed by atoms with van der Waals surface area (Å²) in [7, 11) is -3.10. The highest BCUT2D eigenvalue weighted by Gasteiger charge is 2.39. The average molecular weight is 236 g/mol. The third-order valence-corrected chi connectivity index (χ3v) is 4.75. The van der Waals surface area contributed by atoms with Gasteiger partial charge in [-0.2, -0.15) is 0 Å². The molecule has 1 saturated heterocycles. The Bertz CT molecular complexity index is 315. The molecule has 0 spiro atoms. The van der Waals surface area contributed by atoms with Gasteiger partial charge in [-0.15, -0.1) is 0 Å². The zero-order chi connectivity index (χ0) is 11.9. The first-order valence-corrected chi connectivity index (χ1v) is 7.00. The minimum absolute atomic E-state index is 0.00130. The van der Waals surface area contributed by atoms with Gasteiger partial charge in [-0.05, 0) is 11.8 Å². The second-order valence-electron chi connectivity index (χ2n) is 5.52. The van der Waals surface area contributed by atoms with Crippen LogP contribution in [0, 0.1) is 11.3 Å². The van der Waals surface area contributed by atoms with Crippen molar-refractivity contribution in [2.24, 2.45) is 11.3 Å². The maximum absolute atomic E-state index is 11.2. The van der Waals surface area contributed by atoms with Crippen LogP contribution in [0.4, 0.5) is 0 Å². The predicted octanol–water partition coefficient (Wildman–Crippen LogP) is 0.189. The third-order valence-electron chi connectivity index (χ3n) is 2.96. The maximum atomic E-state index is 11.2. The highest BCUT2D eigenvalue weighted by molar-refractivity contribution is 7.91. The molecule has 2 N–H and O–H groups in total. The molecule has 0 bridgehead atoms. The molecule has 0 aromatic rings. The standard InChI is InChI=1S/C10H20O4S/c1-10(2,3)9(12)4-7-5-15(13,14)6-8(7)11/h7-9,11-12H,4-6H2,1-3H3. The number of aliphatic hydroxyl groups is 2. The second kappa shape index (κ2) is 4.03. The summed E-state index contributed by atoms with van der Waals surface area (Å²) >= 11 is 0. The lowest BCUT2D eigenvalue weighted by molar-refractivity contribution is 0.0236. The minimum Gasteiger partial charge on any atom is -0.393 e. The van der Waals surface area contributed by atoms with E-state index < -0.39 is 22.0 Å². The van der Waals surface area contributed by atoms with Gasteiger partial charge in [-0.3, -0.25) is 0 Å². The topological polar surface area (TPSA) is 74.6 Å². The summed E-state index contributed by atoms with van der Waals surface area (Å²) in [6.45, 7) is 5.69. The van der Waals surface area contributed by atoms with E-state index in [4.69, 9.17) is 0 Å². The van der Waals surface area contributed by atoms with E-state index in [1.807, 2.05) is 20.8 Å². The molecule has 3 unspecified atom stereocenters. The number of hydrogen-bond donors (Lipinski definition) is 2. The van der Waals surface area contributed by atoms with Crippen LogP contribution in [-0.2, 0) is 9.84 Å². The molecule has 0 aliphatic carbocycles. The van der Waals surface area contributed by atoms with Crippen molar-refractivity contribution in [1.82, 2.24) is 0 Å². The highest BCUT2D eigenvalue weighted by atomic mass is 32.2. The van der Waals surface area contributed by atoms with Gasteiger partial charge in [-0.1, -0.05) is 20.8 Å². The summed E-state index contributed by atoms with van der Waals surface area (Å²) in [5.74, 6) is -0.472. The van der Waals surface area contributed by atoms with E-state index in [0.717, 1.165) is 0 Å². The lowest BCUT2D eigenvalue weighted by atomic mass is 9.83. The van der Waals surface area contributed by atoms with Crippen molar-refractivity contribution in [3.05, 3.63) is 0 Å². The van der Waals surface area contributed by atoms with E-state index in [-0.39, 0.29) is 22.8 Å². The molecule has 5 heteroatoms. The first kappa shape index (κ1) is 12.9. The van der Waals surface area contributed by atoms with E-state index in [2.05, 4.69) is 0 Å². The monoisotopic (exact) mass is 236 g/mol. The lowest BCUT2D eigenvalue weighted by Gasteiger charge is -2.28. The van der Waals surface area contributed by atoms with Crippen molar-refractivity contribution in [2.45, 2.75) is 39.4 Å². The quantitative estimate of drug-likeness (QED) is 0.717. The lowest BCUT2D eigenvalue weighted by Crippen LogP contribution is -2.31. The highest BCUT2D eigenvalue weighted by Crippen LogP contribution is 2.30. The largest absolute Gasteiger partial charge is 0.393 e. The van der Waals surface area contributed by atoms with Gasteiger partial charge in [0.1, 0.15) is 0 Å². The molecule has 0 amide bonds. The minimum atomic E-state index is -3.10. The molecule has 0 aromatic heterocycles. The van der Waals surface area contributed by atoms with Gasteiger partial charge in [0.05, 0.1) is 23.7 Å².